The normalized spacial score (nSPS) is 12.3. The first-order valence-electron chi connectivity index (χ1n) is 6.03. The van der Waals surface area contributed by atoms with Crippen molar-refractivity contribution in [3.05, 3.63) is 52.8 Å². The van der Waals surface area contributed by atoms with Gasteiger partial charge in [-0.25, -0.2) is 0 Å². The van der Waals surface area contributed by atoms with Gasteiger partial charge in [0.15, 0.2) is 0 Å². The van der Waals surface area contributed by atoms with Gasteiger partial charge < -0.3 is 5.11 Å². The van der Waals surface area contributed by atoms with E-state index < -0.39 is 11.9 Å². The van der Waals surface area contributed by atoms with Gasteiger partial charge >= 0.3 is 5.97 Å². The van der Waals surface area contributed by atoms with E-state index in [0.717, 1.165) is 11.3 Å². The van der Waals surface area contributed by atoms with Gasteiger partial charge in [-0.15, -0.1) is 0 Å². The lowest BCUT2D eigenvalue weighted by Gasteiger charge is -2.12. The molecule has 0 aliphatic heterocycles. The Bertz CT molecular complexity index is 563. The maximum Gasteiger partial charge on any atom is 0.310 e. The van der Waals surface area contributed by atoms with Crippen LogP contribution in [0.3, 0.4) is 0 Å². The van der Waals surface area contributed by atoms with Gasteiger partial charge in [0.05, 0.1) is 5.92 Å². The molecule has 1 N–H and O–H groups in total. The molecule has 0 bridgehead atoms. The van der Waals surface area contributed by atoms with Crippen molar-refractivity contribution in [1.82, 2.24) is 9.78 Å². The average Bonchev–Trinajstić information content (AvgIpc) is 2.77. The lowest BCUT2D eigenvalue weighted by molar-refractivity contribution is -0.138. The van der Waals surface area contributed by atoms with Crippen molar-refractivity contribution in [3.63, 3.8) is 0 Å². The van der Waals surface area contributed by atoms with Gasteiger partial charge in [0.25, 0.3) is 0 Å². The first-order valence-corrected chi connectivity index (χ1v) is 6.41. The van der Waals surface area contributed by atoms with Crippen LogP contribution < -0.4 is 0 Å². The molecule has 0 amide bonds. The van der Waals surface area contributed by atoms with Crippen LogP contribution in [-0.4, -0.2) is 20.9 Å². The van der Waals surface area contributed by atoms with Crippen LogP contribution in [0.15, 0.2) is 36.5 Å². The standard InChI is InChI=1S/C14H15ClN2O2/c1-17-12(8-9-16-17)6-7-13(14(18)19)10-2-4-11(15)5-3-10/h2-5,8-9,13H,6-7H2,1H3,(H,18,19). The van der Waals surface area contributed by atoms with Crippen molar-refractivity contribution in [3.8, 4) is 0 Å². The maximum atomic E-state index is 11.4. The number of hydrogen-bond acceptors (Lipinski definition) is 2. The van der Waals surface area contributed by atoms with Gasteiger partial charge in [0.1, 0.15) is 0 Å². The fourth-order valence-electron chi connectivity index (χ4n) is 2.07. The number of rotatable bonds is 5. The highest BCUT2D eigenvalue weighted by Crippen LogP contribution is 2.23. The summed E-state index contributed by atoms with van der Waals surface area (Å²) in [7, 11) is 1.85. The van der Waals surface area contributed by atoms with Crippen LogP contribution in [-0.2, 0) is 18.3 Å². The molecule has 0 saturated heterocycles. The van der Waals surface area contributed by atoms with Crippen molar-refractivity contribution in [2.24, 2.45) is 7.05 Å². The summed E-state index contributed by atoms with van der Waals surface area (Å²) in [5.74, 6) is -1.34. The molecule has 1 atom stereocenters. The highest BCUT2D eigenvalue weighted by molar-refractivity contribution is 6.30. The molecule has 0 radical (unpaired) electrons. The Labute approximate surface area is 116 Å². The number of aromatic nitrogens is 2. The largest absolute Gasteiger partial charge is 0.481 e. The first-order chi connectivity index (χ1) is 9.08. The second kappa shape index (κ2) is 5.89. The quantitative estimate of drug-likeness (QED) is 0.915. The highest BCUT2D eigenvalue weighted by atomic mass is 35.5. The van der Waals surface area contributed by atoms with Crippen molar-refractivity contribution in [2.45, 2.75) is 18.8 Å². The number of nitrogens with zero attached hydrogens (tertiary/aromatic N) is 2. The minimum Gasteiger partial charge on any atom is -0.481 e. The van der Waals surface area contributed by atoms with E-state index in [4.69, 9.17) is 11.6 Å². The van der Waals surface area contributed by atoms with Gasteiger partial charge in [-0.3, -0.25) is 9.48 Å². The number of aryl methyl sites for hydroxylation is 2. The minimum absolute atomic E-state index is 0.521. The molecule has 5 heteroatoms. The third-order valence-corrected chi connectivity index (χ3v) is 3.43. The Morgan fingerprint density at radius 2 is 2.05 bits per heavy atom. The fraction of sp³-hybridized carbons (Fsp3) is 0.286. The van der Waals surface area contributed by atoms with E-state index in [9.17, 15) is 9.90 Å². The highest BCUT2D eigenvalue weighted by Gasteiger charge is 2.20. The molecular weight excluding hydrogens is 264 g/mol. The van der Waals surface area contributed by atoms with Crippen LogP contribution in [0.5, 0.6) is 0 Å². The molecule has 1 aromatic carbocycles. The maximum absolute atomic E-state index is 11.4. The zero-order chi connectivity index (χ0) is 13.8. The molecule has 1 unspecified atom stereocenters. The Kier molecular flexibility index (Phi) is 4.22. The van der Waals surface area contributed by atoms with Crippen LogP contribution in [0.1, 0.15) is 23.6 Å². The lowest BCUT2D eigenvalue weighted by atomic mass is 9.94. The lowest BCUT2D eigenvalue weighted by Crippen LogP contribution is -2.13. The van der Waals surface area contributed by atoms with E-state index in [1.807, 2.05) is 13.1 Å². The average molecular weight is 279 g/mol. The summed E-state index contributed by atoms with van der Waals surface area (Å²) in [5, 5.41) is 14.0. The molecule has 2 aromatic rings. The van der Waals surface area contributed by atoms with Gasteiger partial charge in [-0.2, -0.15) is 5.10 Å². The van der Waals surface area contributed by atoms with Crippen molar-refractivity contribution >= 4 is 17.6 Å². The monoisotopic (exact) mass is 278 g/mol. The third kappa shape index (κ3) is 3.35. The number of hydrogen-bond donors (Lipinski definition) is 1. The zero-order valence-electron chi connectivity index (χ0n) is 10.6. The summed E-state index contributed by atoms with van der Waals surface area (Å²) < 4.78 is 1.76. The van der Waals surface area contributed by atoms with Crippen LogP contribution in [0.2, 0.25) is 5.02 Å². The summed E-state index contributed by atoms with van der Waals surface area (Å²) in [6.07, 6.45) is 2.93. The van der Waals surface area contributed by atoms with Gasteiger partial charge in [-0.05, 0) is 36.6 Å². The summed E-state index contributed by atoms with van der Waals surface area (Å²) in [6, 6.07) is 8.88. The molecule has 0 aliphatic rings. The summed E-state index contributed by atoms with van der Waals surface area (Å²) in [6.45, 7) is 0. The number of benzene rings is 1. The van der Waals surface area contributed by atoms with Crippen molar-refractivity contribution in [1.29, 1.82) is 0 Å². The van der Waals surface area contributed by atoms with E-state index in [2.05, 4.69) is 5.10 Å². The number of carboxylic acids is 1. The zero-order valence-corrected chi connectivity index (χ0v) is 11.3. The summed E-state index contributed by atoms with van der Waals surface area (Å²) in [4.78, 5) is 11.4. The van der Waals surface area contributed by atoms with E-state index in [0.29, 0.717) is 17.9 Å². The topological polar surface area (TPSA) is 55.1 Å². The second-order valence-corrected chi connectivity index (χ2v) is 4.86. The third-order valence-electron chi connectivity index (χ3n) is 3.18. The fourth-order valence-corrected chi connectivity index (χ4v) is 2.19. The molecule has 0 spiro atoms. The molecule has 1 aromatic heterocycles. The SMILES string of the molecule is Cn1nccc1CCC(C(=O)O)c1ccc(Cl)cc1. The number of carboxylic acid groups (broad SMARTS) is 1. The smallest absolute Gasteiger partial charge is 0.310 e. The molecule has 0 aliphatic carbocycles. The number of aliphatic carboxylic acids is 1. The Balaban J connectivity index is 2.11. The van der Waals surface area contributed by atoms with Gasteiger partial charge in [0.2, 0.25) is 0 Å². The van der Waals surface area contributed by atoms with Crippen molar-refractivity contribution < 1.29 is 9.90 Å². The van der Waals surface area contributed by atoms with E-state index in [1.54, 1.807) is 35.1 Å². The van der Waals surface area contributed by atoms with Gasteiger partial charge in [0, 0.05) is 24.0 Å². The molecule has 19 heavy (non-hydrogen) atoms. The van der Waals surface area contributed by atoms with E-state index in [1.165, 1.54) is 0 Å². The molecule has 0 saturated carbocycles. The molecule has 0 fully saturated rings. The van der Waals surface area contributed by atoms with E-state index >= 15 is 0 Å². The second-order valence-electron chi connectivity index (χ2n) is 4.43. The van der Waals surface area contributed by atoms with Crippen LogP contribution in [0.25, 0.3) is 0 Å². The van der Waals surface area contributed by atoms with Crippen LogP contribution in [0.4, 0.5) is 0 Å². The molecule has 4 nitrogen and oxygen atoms in total. The van der Waals surface area contributed by atoms with Crippen LogP contribution in [0, 0.1) is 0 Å². The molecule has 2 rings (SSSR count). The van der Waals surface area contributed by atoms with Crippen LogP contribution >= 0.6 is 11.6 Å². The predicted octanol–water partition coefficient (Wildman–Crippen LogP) is 2.87. The first kappa shape index (κ1) is 13.6. The summed E-state index contributed by atoms with van der Waals surface area (Å²) >= 11 is 5.82. The van der Waals surface area contributed by atoms with Crippen molar-refractivity contribution in [2.75, 3.05) is 0 Å². The number of carbonyl (C=O) groups is 1. The Morgan fingerprint density at radius 1 is 1.37 bits per heavy atom. The van der Waals surface area contributed by atoms with Gasteiger partial charge in [-0.1, -0.05) is 23.7 Å². The molecular formula is C14H15ClN2O2. The predicted molar refractivity (Wildman–Crippen MR) is 73.4 cm³/mol. The Morgan fingerprint density at radius 3 is 2.58 bits per heavy atom. The minimum atomic E-state index is -0.815. The molecule has 1 heterocycles. The van der Waals surface area contributed by atoms with E-state index in [-0.39, 0.29) is 0 Å². The molecule has 100 valence electrons. The summed E-state index contributed by atoms with van der Waals surface area (Å²) in [5.41, 5.74) is 1.80. The Hall–Kier alpha value is -1.81. The number of halogens is 1.